The molecule has 0 fully saturated rings. The van der Waals surface area contributed by atoms with E-state index in [0.717, 1.165) is 35.4 Å². The Labute approximate surface area is 153 Å². The van der Waals surface area contributed by atoms with Crippen LogP contribution in [-0.2, 0) is 36.0 Å². The lowest BCUT2D eigenvalue weighted by Gasteiger charge is -2.12. The van der Waals surface area contributed by atoms with E-state index in [1.165, 1.54) is 12.1 Å². The van der Waals surface area contributed by atoms with E-state index in [-0.39, 0.29) is 4.90 Å². The molecule has 4 N–H and O–H groups in total. The van der Waals surface area contributed by atoms with Crippen molar-refractivity contribution >= 4 is 16.0 Å². The molecule has 0 bridgehead atoms. The number of primary sulfonamides is 1. The molecular weight excluding hydrogens is 354 g/mol. The van der Waals surface area contributed by atoms with Crippen molar-refractivity contribution in [1.82, 2.24) is 15.8 Å². The number of nitrogens with zero attached hydrogens (tertiary/aromatic N) is 2. The third kappa shape index (κ3) is 5.06. The van der Waals surface area contributed by atoms with Gasteiger partial charge in [0.05, 0.1) is 10.6 Å². The van der Waals surface area contributed by atoms with Crippen LogP contribution < -0.4 is 15.8 Å². The van der Waals surface area contributed by atoms with Crippen LogP contribution in [0.25, 0.3) is 0 Å². The molecule has 0 radical (unpaired) electrons. The van der Waals surface area contributed by atoms with Crippen molar-refractivity contribution in [3.05, 3.63) is 46.8 Å². The molecule has 2 rings (SSSR count). The Morgan fingerprint density at radius 3 is 2.35 bits per heavy atom. The number of sulfonamides is 1. The van der Waals surface area contributed by atoms with Crippen LogP contribution in [0, 0.1) is 0 Å². The molecule has 1 aromatic heterocycles. The monoisotopic (exact) mass is 379 g/mol. The fourth-order valence-electron chi connectivity index (χ4n) is 2.51. The van der Waals surface area contributed by atoms with Gasteiger partial charge in [-0.05, 0) is 24.1 Å². The van der Waals surface area contributed by atoms with Crippen LogP contribution in [0.3, 0.4) is 0 Å². The van der Waals surface area contributed by atoms with Crippen LogP contribution in [0.5, 0.6) is 0 Å². The van der Waals surface area contributed by atoms with Gasteiger partial charge in [-0.2, -0.15) is 0 Å². The number of benzene rings is 1. The van der Waals surface area contributed by atoms with Gasteiger partial charge in [0.25, 0.3) is 0 Å². The number of nitrogens with two attached hydrogens (primary N) is 1. The summed E-state index contributed by atoms with van der Waals surface area (Å²) in [5, 5.41) is 15.6. The maximum absolute atomic E-state index is 11.3. The Morgan fingerprint density at radius 2 is 1.81 bits per heavy atom. The summed E-state index contributed by atoms with van der Waals surface area (Å²) in [5.74, 6) is 1.51. The molecule has 0 aliphatic heterocycles. The highest BCUT2D eigenvalue weighted by molar-refractivity contribution is 7.89. The van der Waals surface area contributed by atoms with Crippen molar-refractivity contribution in [3.63, 3.8) is 0 Å². The lowest BCUT2D eigenvalue weighted by molar-refractivity contribution is 0.380. The van der Waals surface area contributed by atoms with Gasteiger partial charge in [0.1, 0.15) is 5.76 Å². The number of hydrogen-bond acceptors (Lipinski definition) is 5. The van der Waals surface area contributed by atoms with E-state index in [0.29, 0.717) is 19.0 Å². The van der Waals surface area contributed by atoms with E-state index in [4.69, 9.17) is 9.66 Å². The number of guanidine groups is 1. The molecule has 0 saturated carbocycles. The summed E-state index contributed by atoms with van der Waals surface area (Å²) >= 11 is 0. The minimum absolute atomic E-state index is 0.0930. The molecule has 0 amide bonds. The molecule has 1 aromatic carbocycles. The Bertz CT molecular complexity index is 836. The summed E-state index contributed by atoms with van der Waals surface area (Å²) in [5.41, 5.74) is 2.92. The highest BCUT2D eigenvalue weighted by Crippen LogP contribution is 2.15. The minimum atomic E-state index is -3.67. The van der Waals surface area contributed by atoms with Gasteiger partial charge < -0.3 is 15.2 Å². The Morgan fingerprint density at radius 1 is 1.15 bits per heavy atom. The van der Waals surface area contributed by atoms with E-state index in [9.17, 15) is 8.42 Å². The van der Waals surface area contributed by atoms with Crippen LogP contribution in [0.4, 0.5) is 0 Å². The van der Waals surface area contributed by atoms with Crippen molar-refractivity contribution in [2.45, 2.75) is 44.7 Å². The van der Waals surface area contributed by atoms with Crippen molar-refractivity contribution in [1.29, 1.82) is 0 Å². The molecule has 0 spiro atoms. The summed E-state index contributed by atoms with van der Waals surface area (Å²) in [6.07, 6.45) is 1.59. The largest absolute Gasteiger partial charge is 0.361 e. The first-order valence-corrected chi connectivity index (χ1v) is 9.96. The van der Waals surface area contributed by atoms with Crippen molar-refractivity contribution < 1.29 is 12.9 Å². The van der Waals surface area contributed by atoms with Crippen molar-refractivity contribution in [3.8, 4) is 0 Å². The number of aryl methyl sites for hydroxylation is 2. The summed E-state index contributed by atoms with van der Waals surface area (Å²) < 4.78 is 27.9. The molecule has 26 heavy (non-hydrogen) atoms. The van der Waals surface area contributed by atoms with E-state index in [1.807, 2.05) is 13.8 Å². The van der Waals surface area contributed by atoms with Gasteiger partial charge in [-0.3, -0.25) is 4.99 Å². The predicted octanol–water partition coefficient (Wildman–Crippen LogP) is 1.31. The summed E-state index contributed by atoms with van der Waals surface area (Å²) in [4.78, 5) is 4.29. The van der Waals surface area contributed by atoms with Gasteiger partial charge in [0, 0.05) is 32.1 Å². The number of nitrogens with one attached hydrogen (secondary N) is 2. The molecule has 1 heterocycles. The second kappa shape index (κ2) is 8.81. The summed E-state index contributed by atoms with van der Waals surface area (Å²) in [7, 11) is -1.98. The molecule has 8 nitrogen and oxygen atoms in total. The lowest BCUT2D eigenvalue weighted by Crippen LogP contribution is -2.36. The maximum atomic E-state index is 11.3. The van der Waals surface area contributed by atoms with Crippen LogP contribution in [0.15, 0.2) is 38.7 Å². The number of rotatable bonds is 7. The summed E-state index contributed by atoms with van der Waals surface area (Å²) in [6.45, 7) is 5.14. The third-order valence-corrected chi connectivity index (χ3v) is 4.90. The van der Waals surface area contributed by atoms with E-state index >= 15 is 0 Å². The van der Waals surface area contributed by atoms with Crippen LogP contribution in [0.2, 0.25) is 0 Å². The molecule has 0 aliphatic rings. The Balaban J connectivity index is 1.95. The van der Waals surface area contributed by atoms with Crippen LogP contribution in [-0.4, -0.2) is 26.6 Å². The van der Waals surface area contributed by atoms with Gasteiger partial charge in [0.15, 0.2) is 5.96 Å². The SMILES string of the molecule is CCc1noc(CC)c1CNC(=NC)NCc1ccc(S(N)(=O)=O)cc1. The zero-order chi connectivity index (χ0) is 19.2. The average Bonchev–Trinajstić information content (AvgIpc) is 3.03. The zero-order valence-corrected chi connectivity index (χ0v) is 16.1. The minimum Gasteiger partial charge on any atom is -0.361 e. The fraction of sp³-hybridized carbons (Fsp3) is 0.412. The first-order valence-electron chi connectivity index (χ1n) is 8.41. The van der Waals surface area contributed by atoms with E-state index < -0.39 is 10.0 Å². The lowest BCUT2D eigenvalue weighted by atomic mass is 10.1. The molecule has 0 atom stereocenters. The van der Waals surface area contributed by atoms with Gasteiger partial charge in [-0.25, -0.2) is 13.6 Å². The van der Waals surface area contributed by atoms with Crippen molar-refractivity contribution in [2.75, 3.05) is 7.05 Å². The van der Waals surface area contributed by atoms with Gasteiger partial charge in [-0.15, -0.1) is 0 Å². The van der Waals surface area contributed by atoms with Crippen LogP contribution >= 0.6 is 0 Å². The average molecular weight is 379 g/mol. The molecule has 2 aromatic rings. The van der Waals surface area contributed by atoms with Gasteiger partial charge in [-0.1, -0.05) is 31.1 Å². The third-order valence-electron chi connectivity index (χ3n) is 3.98. The number of aliphatic imine (C=N–C) groups is 1. The maximum Gasteiger partial charge on any atom is 0.238 e. The molecule has 0 aliphatic carbocycles. The smallest absolute Gasteiger partial charge is 0.238 e. The van der Waals surface area contributed by atoms with Crippen molar-refractivity contribution in [2.24, 2.45) is 10.1 Å². The fourth-order valence-corrected chi connectivity index (χ4v) is 3.03. The zero-order valence-electron chi connectivity index (χ0n) is 15.2. The molecule has 0 saturated heterocycles. The Kier molecular flexibility index (Phi) is 6.76. The second-order valence-corrected chi connectivity index (χ2v) is 7.27. The highest BCUT2D eigenvalue weighted by Gasteiger charge is 2.13. The van der Waals surface area contributed by atoms with E-state index in [1.54, 1.807) is 19.2 Å². The standard InChI is InChI=1S/C17H25N5O3S/c1-4-15-14(16(5-2)25-22-15)11-21-17(19-3)20-10-12-6-8-13(9-7-12)26(18,23)24/h6-9H,4-5,10-11H2,1-3H3,(H2,18,23,24)(H2,19,20,21). The molecule has 9 heteroatoms. The number of aromatic nitrogens is 1. The topological polar surface area (TPSA) is 123 Å². The second-order valence-electron chi connectivity index (χ2n) is 5.71. The molecule has 142 valence electrons. The first kappa shape index (κ1) is 19.9. The summed E-state index contributed by atoms with van der Waals surface area (Å²) in [6, 6.07) is 6.40. The quantitative estimate of drug-likeness (QED) is 0.492. The van der Waals surface area contributed by atoms with Gasteiger partial charge >= 0.3 is 0 Å². The predicted molar refractivity (Wildman–Crippen MR) is 100 cm³/mol. The molecular formula is C17H25N5O3S. The Hall–Kier alpha value is -2.39. The van der Waals surface area contributed by atoms with Crippen LogP contribution in [0.1, 0.15) is 36.4 Å². The highest BCUT2D eigenvalue weighted by atomic mass is 32.2. The normalized spacial score (nSPS) is 12.2. The van der Waals surface area contributed by atoms with E-state index in [2.05, 4.69) is 20.8 Å². The van der Waals surface area contributed by atoms with Gasteiger partial charge in [0.2, 0.25) is 10.0 Å². The molecule has 0 unspecified atom stereocenters. The first-order chi connectivity index (χ1) is 12.4. The number of hydrogen-bond donors (Lipinski definition) is 3.